The van der Waals surface area contributed by atoms with Gasteiger partial charge in [-0.2, -0.15) is 0 Å². The topological polar surface area (TPSA) is 47.3 Å². The van der Waals surface area contributed by atoms with Crippen LogP contribution in [0, 0.1) is 0 Å². The van der Waals surface area contributed by atoms with Gasteiger partial charge in [0.25, 0.3) is 0 Å². The van der Waals surface area contributed by atoms with E-state index in [1.165, 1.54) is 5.39 Å². The zero-order valence-electron chi connectivity index (χ0n) is 10.9. The lowest BCUT2D eigenvalue weighted by Crippen LogP contribution is -2.55. The molecule has 18 heavy (non-hydrogen) atoms. The highest BCUT2D eigenvalue weighted by Gasteiger charge is 2.17. The number of nitrogens with one attached hydrogen (secondary N) is 1. The Hall–Kier alpha value is -1.58. The molecule has 0 fully saturated rings. The first-order valence-electron chi connectivity index (χ1n) is 6.27. The van der Waals surface area contributed by atoms with E-state index in [0.29, 0.717) is 6.61 Å². The van der Waals surface area contributed by atoms with Gasteiger partial charge >= 0.3 is 0 Å². The van der Waals surface area contributed by atoms with Gasteiger partial charge in [0, 0.05) is 5.39 Å². The van der Waals surface area contributed by atoms with Gasteiger partial charge in [0.2, 0.25) is 0 Å². The van der Waals surface area contributed by atoms with Crippen molar-refractivity contribution in [2.75, 3.05) is 13.2 Å². The van der Waals surface area contributed by atoms with E-state index in [1.54, 1.807) is 0 Å². The lowest BCUT2D eigenvalue weighted by atomic mass is 10.1. The molecule has 0 aliphatic carbocycles. The van der Waals surface area contributed by atoms with Crippen molar-refractivity contribution in [3.05, 3.63) is 42.5 Å². The van der Waals surface area contributed by atoms with Crippen LogP contribution in [0.2, 0.25) is 0 Å². The van der Waals surface area contributed by atoms with E-state index >= 15 is 0 Å². The van der Waals surface area contributed by atoms with Crippen LogP contribution >= 0.6 is 0 Å². The molecule has 0 aliphatic rings. The van der Waals surface area contributed by atoms with Gasteiger partial charge in [0.15, 0.2) is 0 Å². The van der Waals surface area contributed by atoms with Crippen molar-refractivity contribution in [3.8, 4) is 5.75 Å². The van der Waals surface area contributed by atoms with Gasteiger partial charge in [0.1, 0.15) is 12.4 Å². The molecular formula is C15H20N2O. The molecular weight excluding hydrogens is 224 g/mol. The summed E-state index contributed by atoms with van der Waals surface area (Å²) in [5.41, 5.74) is 5.57. The highest BCUT2D eigenvalue weighted by molar-refractivity contribution is 5.88. The highest BCUT2D eigenvalue weighted by Crippen LogP contribution is 2.25. The summed E-state index contributed by atoms with van der Waals surface area (Å²) in [6.45, 7) is 5.23. The molecule has 2 aromatic rings. The maximum absolute atomic E-state index is 6.08. The van der Waals surface area contributed by atoms with Crippen LogP contribution in [0.15, 0.2) is 42.5 Å². The van der Waals surface area contributed by atoms with E-state index in [-0.39, 0.29) is 0 Å². The Morgan fingerprint density at radius 3 is 2.67 bits per heavy atom. The fourth-order valence-corrected chi connectivity index (χ4v) is 2.00. The molecule has 0 heterocycles. The minimum atomic E-state index is -0.508. The lowest BCUT2D eigenvalue weighted by molar-refractivity contribution is 0.203. The van der Waals surface area contributed by atoms with Gasteiger partial charge in [-0.05, 0) is 24.9 Å². The third-order valence-electron chi connectivity index (χ3n) is 2.86. The first-order valence-corrected chi connectivity index (χ1v) is 6.27. The molecule has 2 aromatic carbocycles. The standard InChI is InChI=1S/C15H20N2O/c1-3-17-15(2,16)11-18-14-10-6-8-12-7-4-5-9-13(12)14/h4-10,17H,3,11,16H2,1-2H3. The predicted molar refractivity (Wildman–Crippen MR) is 75.7 cm³/mol. The number of benzene rings is 2. The second-order valence-electron chi connectivity index (χ2n) is 4.71. The molecule has 0 amide bonds. The summed E-state index contributed by atoms with van der Waals surface area (Å²) < 4.78 is 5.85. The molecule has 0 radical (unpaired) electrons. The van der Waals surface area contributed by atoms with Gasteiger partial charge in [-0.3, -0.25) is 5.32 Å². The first kappa shape index (κ1) is 12.9. The molecule has 0 saturated heterocycles. The van der Waals surface area contributed by atoms with Gasteiger partial charge < -0.3 is 10.5 Å². The van der Waals surface area contributed by atoms with Crippen LogP contribution in [-0.2, 0) is 0 Å². The minimum Gasteiger partial charge on any atom is -0.490 e. The average molecular weight is 244 g/mol. The van der Waals surface area contributed by atoms with E-state index in [0.717, 1.165) is 17.7 Å². The zero-order valence-corrected chi connectivity index (χ0v) is 10.9. The number of fused-ring (bicyclic) bond motifs is 1. The average Bonchev–Trinajstić information content (AvgIpc) is 2.36. The molecule has 3 nitrogen and oxygen atoms in total. The Labute approximate surface area is 108 Å². The molecule has 0 spiro atoms. The highest BCUT2D eigenvalue weighted by atomic mass is 16.5. The van der Waals surface area contributed by atoms with Crippen LogP contribution in [-0.4, -0.2) is 18.8 Å². The summed E-state index contributed by atoms with van der Waals surface area (Å²) in [5, 5.41) is 5.49. The van der Waals surface area contributed by atoms with E-state index in [9.17, 15) is 0 Å². The van der Waals surface area contributed by atoms with Gasteiger partial charge in [-0.25, -0.2) is 0 Å². The van der Waals surface area contributed by atoms with E-state index in [4.69, 9.17) is 10.5 Å². The maximum Gasteiger partial charge on any atom is 0.127 e. The SMILES string of the molecule is CCNC(C)(N)COc1cccc2ccccc12. The molecule has 0 saturated carbocycles. The van der Waals surface area contributed by atoms with E-state index in [2.05, 4.69) is 23.5 Å². The third kappa shape index (κ3) is 3.00. The van der Waals surface area contributed by atoms with Crippen LogP contribution in [0.4, 0.5) is 0 Å². The summed E-state index contributed by atoms with van der Waals surface area (Å²) in [4.78, 5) is 0. The molecule has 3 N–H and O–H groups in total. The summed E-state index contributed by atoms with van der Waals surface area (Å²) in [6, 6.07) is 14.2. The quantitative estimate of drug-likeness (QED) is 0.794. The summed E-state index contributed by atoms with van der Waals surface area (Å²) in [5.74, 6) is 0.877. The van der Waals surface area contributed by atoms with Crippen molar-refractivity contribution < 1.29 is 4.74 Å². The third-order valence-corrected chi connectivity index (χ3v) is 2.86. The van der Waals surface area contributed by atoms with Crippen LogP contribution in [0.3, 0.4) is 0 Å². The van der Waals surface area contributed by atoms with Gasteiger partial charge in [-0.1, -0.05) is 43.3 Å². The fraction of sp³-hybridized carbons (Fsp3) is 0.333. The Balaban J connectivity index is 2.17. The Bertz CT molecular complexity index is 517. The maximum atomic E-state index is 6.08. The molecule has 96 valence electrons. The second kappa shape index (κ2) is 5.38. The summed E-state index contributed by atoms with van der Waals surface area (Å²) >= 11 is 0. The first-order chi connectivity index (χ1) is 8.62. The largest absolute Gasteiger partial charge is 0.490 e. The molecule has 1 atom stereocenters. The number of hydrogen-bond donors (Lipinski definition) is 2. The van der Waals surface area contributed by atoms with E-state index in [1.807, 2.05) is 38.1 Å². The molecule has 0 aromatic heterocycles. The minimum absolute atomic E-state index is 0.439. The smallest absolute Gasteiger partial charge is 0.127 e. The van der Waals surface area contributed by atoms with Gasteiger partial charge in [-0.15, -0.1) is 0 Å². The Kier molecular flexibility index (Phi) is 3.84. The Morgan fingerprint density at radius 1 is 1.17 bits per heavy atom. The van der Waals surface area contributed by atoms with Crippen LogP contribution in [0.5, 0.6) is 5.75 Å². The van der Waals surface area contributed by atoms with Crippen LogP contribution in [0.1, 0.15) is 13.8 Å². The monoisotopic (exact) mass is 244 g/mol. The van der Waals surface area contributed by atoms with E-state index < -0.39 is 5.66 Å². The predicted octanol–water partition coefficient (Wildman–Crippen LogP) is 2.50. The Morgan fingerprint density at radius 2 is 1.89 bits per heavy atom. The van der Waals surface area contributed by atoms with Crippen molar-refractivity contribution >= 4 is 10.8 Å². The normalized spacial score (nSPS) is 14.4. The van der Waals surface area contributed by atoms with Gasteiger partial charge in [0.05, 0.1) is 5.66 Å². The fourth-order valence-electron chi connectivity index (χ4n) is 2.00. The van der Waals surface area contributed by atoms with Crippen LogP contribution in [0.25, 0.3) is 10.8 Å². The van der Waals surface area contributed by atoms with Crippen molar-refractivity contribution in [1.82, 2.24) is 5.32 Å². The molecule has 0 bridgehead atoms. The lowest BCUT2D eigenvalue weighted by Gasteiger charge is -2.25. The van der Waals surface area contributed by atoms with Crippen molar-refractivity contribution in [2.24, 2.45) is 5.73 Å². The molecule has 3 heteroatoms. The molecule has 2 rings (SSSR count). The number of rotatable bonds is 5. The second-order valence-corrected chi connectivity index (χ2v) is 4.71. The number of ether oxygens (including phenoxy) is 1. The molecule has 1 unspecified atom stereocenters. The number of likely N-dealkylation sites (N-methyl/N-ethyl adjacent to an activating group) is 1. The zero-order chi connectivity index (χ0) is 13.0. The molecule has 0 aliphatic heterocycles. The van der Waals surface area contributed by atoms with Crippen LogP contribution < -0.4 is 15.8 Å². The van der Waals surface area contributed by atoms with Crippen molar-refractivity contribution in [2.45, 2.75) is 19.5 Å². The number of hydrogen-bond acceptors (Lipinski definition) is 3. The summed E-state index contributed by atoms with van der Waals surface area (Å²) in [6.07, 6.45) is 0. The number of nitrogens with two attached hydrogens (primary N) is 1. The summed E-state index contributed by atoms with van der Waals surface area (Å²) in [7, 11) is 0. The van der Waals surface area contributed by atoms with Crippen molar-refractivity contribution in [1.29, 1.82) is 0 Å². The van der Waals surface area contributed by atoms with Crippen molar-refractivity contribution in [3.63, 3.8) is 0 Å².